The van der Waals surface area contributed by atoms with E-state index in [-0.39, 0.29) is 23.5 Å². The molecule has 4 unspecified atom stereocenters. The van der Waals surface area contributed by atoms with E-state index >= 15 is 0 Å². The van der Waals surface area contributed by atoms with Gasteiger partial charge in [0.25, 0.3) is 0 Å². The molecule has 3 N–H and O–H groups in total. The normalized spacial score (nSPS) is 14.9. The number of ketones is 1. The average Bonchev–Trinajstić information content (AvgIpc) is 2.77. The Hall–Kier alpha value is -1.61. The number of carbonyl (C=O) groups is 4. The van der Waals surface area contributed by atoms with E-state index < -0.39 is 36.0 Å². The number of hydrogen-bond acceptors (Lipinski definition) is 6. The molecule has 0 aliphatic heterocycles. The minimum Gasteiger partial charge on any atom is -0.374 e. The van der Waals surface area contributed by atoms with Crippen molar-refractivity contribution >= 4 is 35.3 Å². The van der Waals surface area contributed by atoms with Gasteiger partial charge in [0.2, 0.25) is 17.7 Å². The summed E-state index contributed by atoms with van der Waals surface area (Å²) in [6, 6.07) is -2.24. The highest BCUT2D eigenvalue weighted by atomic mass is 32.2. The van der Waals surface area contributed by atoms with Gasteiger partial charge in [-0.2, -0.15) is 11.8 Å². The van der Waals surface area contributed by atoms with Crippen LogP contribution in [0.15, 0.2) is 0 Å². The molecule has 9 heteroatoms. The number of rotatable bonds is 18. The zero-order chi connectivity index (χ0) is 26.3. The van der Waals surface area contributed by atoms with Crippen molar-refractivity contribution in [2.75, 3.05) is 19.1 Å². The van der Waals surface area contributed by atoms with Crippen LogP contribution in [0.2, 0.25) is 0 Å². The van der Waals surface area contributed by atoms with E-state index in [9.17, 15) is 19.2 Å². The molecule has 0 aromatic carbocycles. The SMILES string of the molecule is CCCCCC(=O)NC(C(=O)NC(CCSC)C(=O)NC(CC(C)C)C(=O)C(C)OC)C(C)C. The quantitative estimate of drug-likeness (QED) is 0.249. The maximum absolute atomic E-state index is 13.2. The number of thioether (sulfide) groups is 1. The van der Waals surface area contributed by atoms with Crippen molar-refractivity contribution < 1.29 is 23.9 Å². The molecule has 0 bridgehead atoms. The Balaban J connectivity index is 5.44. The van der Waals surface area contributed by atoms with Crippen LogP contribution in [0.1, 0.15) is 80.1 Å². The lowest BCUT2D eigenvalue weighted by Crippen LogP contribution is -2.57. The molecule has 0 saturated heterocycles. The van der Waals surface area contributed by atoms with Gasteiger partial charge in [-0.25, -0.2) is 0 Å². The van der Waals surface area contributed by atoms with Gasteiger partial charge < -0.3 is 20.7 Å². The number of unbranched alkanes of at least 4 members (excludes halogenated alkanes) is 2. The van der Waals surface area contributed by atoms with Gasteiger partial charge >= 0.3 is 0 Å². The van der Waals surface area contributed by atoms with Gasteiger partial charge in [-0.1, -0.05) is 47.5 Å². The fourth-order valence-electron chi connectivity index (χ4n) is 3.47. The number of methoxy groups -OCH3 is 1. The number of hydrogen-bond donors (Lipinski definition) is 3. The molecule has 0 rings (SSSR count). The monoisotopic (exact) mass is 501 g/mol. The van der Waals surface area contributed by atoms with Crippen LogP contribution in [0.3, 0.4) is 0 Å². The number of ether oxygens (including phenoxy) is 1. The maximum atomic E-state index is 13.2. The highest BCUT2D eigenvalue weighted by Gasteiger charge is 2.32. The molecule has 0 fully saturated rings. The van der Waals surface area contributed by atoms with Crippen LogP contribution in [-0.2, 0) is 23.9 Å². The lowest BCUT2D eigenvalue weighted by Gasteiger charge is -2.27. The Labute approximate surface area is 210 Å². The Bertz CT molecular complexity index is 642. The molecule has 0 aliphatic carbocycles. The maximum Gasteiger partial charge on any atom is 0.243 e. The van der Waals surface area contributed by atoms with E-state index in [0.717, 1.165) is 19.3 Å². The molecule has 34 heavy (non-hydrogen) atoms. The van der Waals surface area contributed by atoms with Gasteiger partial charge in [0.1, 0.15) is 18.2 Å². The van der Waals surface area contributed by atoms with Gasteiger partial charge in [-0.15, -0.1) is 0 Å². The first kappa shape index (κ1) is 32.4. The predicted octanol–water partition coefficient (Wildman–Crippen LogP) is 3.08. The Kier molecular flexibility index (Phi) is 16.9. The molecule has 0 radical (unpaired) electrons. The predicted molar refractivity (Wildman–Crippen MR) is 139 cm³/mol. The molecule has 198 valence electrons. The molecule has 8 nitrogen and oxygen atoms in total. The Morgan fingerprint density at radius 1 is 0.882 bits per heavy atom. The summed E-state index contributed by atoms with van der Waals surface area (Å²) < 4.78 is 5.16. The fourth-order valence-corrected chi connectivity index (χ4v) is 3.94. The number of amides is 3. The van der Waals surface area contributed by atoms with E-state index in [2.05, 4.69) is 22.9 Å². The minimum atomic E-state index is -0.807. The summed E-state index contributed by atoms with van der Waals surface area (Å²) in [6.45, 7) is 11.4. The summed E-state index contributed by atoms with van der Waals surface area (Å²) in [7, 11) is 1.46. The van der Waals surface area contributed by atoms with Crippen LogP contribution >= 0.6 is 11.8 Å². The van der Waals surface area contributed by atoms with Crippen LogP contribution in [0.5, 0.6) is 0 Å². The van der Waals surface area contributed by atoms with Crippen LogP contribution < -0.4 is 16.0 Å². The van der Waals surface area contributed by atoms with Crippen LogP contribution in [0.25, 0.3) is 0 Å². The van der Waals surface area contributed by atoms with E-state index in [1.807, 2.05) is 34.0 Å². The molecule has 0 aromatic rings. The lowest BCUT2D eigenvalue weighted by molar-refractivity contribution is -0.136. The van der Waals surface area contributed by atoms with Gasteiger partial charge in [0.15, 0.2) is 5.78 Å². The third kappa shape index (κ3) is 12.7. The number of carbonyl (C=O) groups excluding carboxylic acids is 4. The van der Waals surface area contributed by atoms with E-state index in [1.54, 1.807) is 18.7 Å². The average molecular weight is 502 g/mol. The van der Waals surface area contributed by atoms with Gasteiger partial charge in [-0.3, -0.25) is 19.2 Å². The molecule has 0 aromatic heterocycles. The largest absolute Gasteiger partial charge is 0.374 e. The van der Waals surface area contributed by atoms with Crippen LogP contribution in [0, 0.1) is 11.8 Å². The molecule has 0 heterocycles. The van der Waals surface area contributed by atoms with Gasteiger partial charge in [0.05, 0.1) is 6.04 Å². The Morgan fingerprint density at radius 2 is 1.50 bits per heavy atom. The first-order chi connectivity index (χ1) is 16.0. The standard InChI is InChI=1S/C25H47N3O5S/c1-9-10-11-12-21(29)28-22(17(4)5)25(32)26-19(13-14-34-8)24(31)27-20(15-16(2)3)23(30)18(6)33-7/h16-20,22H,9-15H2,1-8H3,(H,26,32)(H,27,31)(H,28,29). The van der Waals surface area contributed by atoms with Crippen LogP contribution in [-0.4, -0.2) is 66.9 Å². The van der Waals surface area contributed by atoms with Crippen molar-refractivity contribution in [2.45, 2.75) is 104 Å². The summed E-state index contributed by atoms with van der Waals surface area (Å²) in [6.07, 6.45) is 5.29. The molecule has 0 aliphatic rings. The van der Waals surface area contributed by atoms with Crippen molar-refractivity contribution in [2.24, 2.45) is 11.8 Å². The zero-order valence-corrected chi connectivity index (χ0v) is 23.2. The van der Waals surface area contributed by atoms with Crippen molar-refractivity contribution in [3.05, 3.63) is 0 Å². The second-order valence-electron chi connectivity index (χ2n) is 9.56. The zero-order valence-electron chi connectivity index (χ0n) is 22.4. The first-order valence-electron chi connectivity index (χ1n) is 12.4. The molecule has 3 amide bonds. The summed E-state index contributed by atoms with van der Waals surface area (Å²) in [5.74, 6) is -0.449. The highest BCUT2D eigenvalue weighted by Crippen LogP contribution is 2.11. The molecule has 4 atom stereocenters. The minimum absolute atomic E-state index is 0.141. The molecular weight excluding hydrogens is 454 g/mol. The third-order valence-corrected chi connectivity index (χ3v) is 6.28. The first-order valence-corrected chi connectivity index (χ1v) is 13.8. The second-order valence-corrected chi connectivity index (χ2v) is 10.5. The van der Waals surface area contributed by atoms with Gasteiger partial charge in [0, 0.05) is 13.5 Å². The molecule has 0 spiro atoms. The van der Waals surface area contributed by atoms with Crippen molar-refractivity contribution in [3.8, 4) is 0 Å². The van der Waals surface area contributed by atoms with E-state index in [1.165, 1.54) is 7.11 Å². The summed E-state index contributed by atoms with van der Waals surface area (Å²) >= 11 is 1.57. The smallest absolute Gasteiger partial charge is 0.243 e. The van der Waals surface area contributed by atoms with E-state index in [0.29, 0.717) is 25.0 Å². The van der Waals surface area contributed by atoms with Crippen molar-refractivity contribution in [1.82, 2.24) is 16.0 Å². The summed E-state index contributed by atoms with van der Waals surface area (Å²) in [5.41, 5.74) is 0. The molecular formula is C25H47N3O5S. The fraction of sp³-hybridized carbons (Fsp3) is 0.840. The summed E-state index contributed by atoms with van der Waals surface area (Å²) in [5, 5.41) is 8.49. The van der Waals surface area contributed by atoms with Gasteiger partial charge in [-0.05, 0) is 50.0 Å². The van der Waals surface area contributed by atoms with E-state index in [4.69, 9.17) is 4.74 Å². The topological polar surface area (TPSA) is 114 Å². The van der Waals surface area contributed by atoms with Crippen molar-refractivity contribution in [3.63, 3.8) is 0 Å². The number of nitrogens with one attached hydrogen (secondary N) is 3. The van der Waals surface area contributed by atoms with Crippen molar-refractivity contribution in [1.29, 1.82) is 0 Å². The third-order valence-electron chi connectivity index (χ3n) is 5.64. The highest BCUT2D eigenvalue weighted by molar-refractivity contribution is 7.98. The Morgan fingerprint density at radius 3 is 2.00 bits per heavy atom. The van der Waals surface area contributed by atoms with Crippen LogP contribution in [0.4, 0.5) is 0 Å². The lowest BCUT2D eigenvalue weighted by atomic mass is 9.97. The molecule has 0 saturated carbocycles. The summed E-state index contributed by atoms with van der Waals surface area (Å²) in [4.78, 5) is 51.3. The second kappa shape index (κ2) is 17.8. The number of Topliss-reactive ketones (excluding diaryl/α,β-unsaturated/α-hetero) is 1.